The topological polar surface area (TPSA) is 20.2 Å². The minimum Gasteiger partial charge on any atom is -0.392 e. The molecule has 0 aliphatic carbocycles. The summed E-state index contributed by atoms with van der Waals surface area (Å²) in [5.41, 5.74) is 0.790. The second-order valence-corrected chi connectivity index (χ2v) is 5.87. The largest absolute Gasteiger partial charge is 0.392 e. The third-order valence-electron chi connectivity index (χ3n) is 2.33. The van der Waals surface area contributed by atoms with Crippen LogP contribution in [-0.2, 0) is 6.61 Å². The van der Waals surface area contributed by atoms with Crippen LogP contribution in [0, 0.1) is 0 Å². The fourth-order valence-corrected chi connectivity index (χ4v) is 3.10. The van der Waals surface area contributed by atoms with Crippen LogP contribution in [0.15, 0.2) is 46.2 Å². The van der Waals surface area contributed by atoms with Gasteiger partial charge in [-0.15, -0.1) is 0 Å². The number of aliphatic hydroxyl groups excluding tert-OH is 1. The number of aliphatic hydroxyl groups is 1. The monoisotopic (exact) mass is 318 g/mol. The SMILES string of the molecule is OCc1cccc(Cl)c1Sc1ccc(Cl)c(Cl)c1. The van der Waals surface area contributed by atoms with Crippen LogP contribution in [0.3, 0.4) is 0 Å². The summed E-state index contributed by atoms with van der Waals surface area (Å²) in [5.74, 6) is 0. The number of halogens is 3. The Morgan fingerprint density at radius 3 is 2.39 bits per heavy atom. The van der Waals surface area contributed by atoms with Gasteiger partial charge in [0.15, 0.2) is 0 Å². The van der Waals surface area contributed by atoms with E-state index in [2.05, 4.69) is 0 Å². The van der Waals surface area contributed by atoms with E-state index in [9.17, 15) is 5.11 Å². The third-order valence-corrected chi connectivity index (χ3v) is 4.67. The van der Waals surface area contributed by atoms with Crippen LogP contribution in [0.1, 0.15) is 5.56 Å². The highest BCUT2D eigenvalue weighted by Crippen LogP contribution is 2.38. The van der Waals surface area contributed by atoms with Gasteiger partial charge in [0.1, 0.15) is 0 Å². The summed E-state index contributed by atoms with van der Waals surface area (Å²) in [7, 11) is 0. The second-order valence-electron chi connectivity index (χ2n) is 3.56. The number of hydrogen-bond acceptors (Lipinski definition) is 2. The lowest BCUT2D eigenvalue weighted by molar-refractivity contribution is 0.279. The summed E-state index contributed by atoms with van der Waals surface area (Å²) in [4.78, 5) is 1.76. The average molecular weight is 320 g/mol. The Labute approximate surface area is 125 Å². The first-order chi connectivity index (χ1) is 8.61. The highest BCUT2D eigenvalue weighted by molar-refractivity contribution is 7.99. The molecule has 0 aliphatic rings. The van der Waals surface area contributed by atoms with E-state index in [1.165, 1.54) is 11.8 Å². The third kappa shape index (κ3) is 3.14. The van der Waals surface area contributed by atoms with Gasteiger partial charge in [0.2, 0.25) is 0 Å². The van der Waals surface area contributed by atoms with Crippen molar-refractivity contribution >= 4 is 46.6 Å². The van der Waals surface area contributed by atoms with Crippen molar-refractivity contribution in [2.45, 2.75) is 16.4 Å². The summed E-state index contributed by atoms with van der Waals surface area (Å²) >= 11 is 19.4. The summed E-state index contributed by atoms with van der Waals surface area (Å²) in [6.07, 6.45) is 0. The molecule has 5 heteroatoms. The molecular weight excluding hydrogens is 311 g/mol. The van der Waals surface area contributed by atoms with E-state index >= 15 is 0 Å². The lowest BCUT2D eigenvalue weighted by Crippen LogP contribution is -1.88. The highest BCUT2D eigenvalue weighted by atomic mass is 35.5. The summed E-state index contributed by atoms with van der Waals surface area (Å²) < 4.78 is 0. The Morgan fingerprint density at radius 2 is 1.72 bits per heavy atom. The Kier molecular flexibility index (Phi) is 4.82. The van der Waals surface area contributed by atoms with Crippen molar-refractivity contribution in [3.63, 3.8) is 0 Å². The highest BCUT2D eigenvalue weighted by Gasteiger charge is 2.09. The van der Waals surface area contributed by atoms with Gasteiger partial charge in [-0.1, -0.05) is 58.7 Å². The summed E-state index contributed by atoms with van der Waals surface area (Å²) in [6, 6.07) is 10.8. The first-order valence-corrected chi connectivity index (χ1v) is 7.08. The molecule has 94 valence electrons. The van der Waals surface area contributed by atoms with Crippen LogP contribution in [0.2, 0.25) is 15.1 Å². The van der Waals surface area contributed by atoms with E-state index in [0.717, 1.165) is 15.4 Å². The first-order valence-electron chi connectivity index (χ1n) is 5.13. The Balaban J connectivity index is 2.36. The molecule has 1 nitrogen and oxygen atoms in total. The molecule has 2 aromatic rings. The van der Waals surface area contributed by atoms with Crippen molar-refractivity contribution in [3.8, 4) is 0 Å². The molecule has 0 spiro atoms. The van der Waals surface area contributed by atoms with Gasteiger partial charge in [-0.05, 0) is 29.8 Å². The molecule has 0 bridgehead atoms. The van der Waals surface area contributed by atoms with Gasteiger partial charge in [0.25, 0.3) is 0 Å². The molecule has 0 unspecified atom stereocenters. The average Bonchev–Trinajstić information content (AvgIpc) is 2.36. The normalized spacial score (nSPS) is 10.7. The molecular formula is C13H9Cl3OS. The molecule has 0 saturated carbocycles. The van der Waals surface area contributed by atoms with Crippen LogP contribution in [0.25, 0.3) is 0 Å². The van der Waals surface area contributed by atoms with Gasteiger partial charge in [-0.2, -0.15) is 0 Å². The van der Waals surface area contributed by atoms with E-state index < -0.39 is 0 Å². The molecule has 0 radical (unpaired) electrons. The van der Waals surface area contributed by atoms with Gasteiger partial charge in [-0.3, -0.25) is 0 Å². The van der Waals surface area contributed by atoms with Crippen molar-refractivity contribution in [1.82, 2.24) is 0 Å². The van der Waals surface area contributed by atoms with E-state index in [1.54, 1.807) is 18.2 Å². The maximum atomic E-state index is 9.30. The maximum Gasteiger partial charge on any atom is 0.0693 e. The first kappa shape index (κ1) is 14.0. The van der Waals surface area contributed by atoms with Crippen molar-refractivity contribution < 1.29 is 5.11 Å². The standard InChI is InChI=1S/C13H9Cl3OS/c14-10-5-4-9(6-12(10)16)18-13-8(7-17)2-1-3-11(13)15/h1-6,17H,7H2. The fraction of sp³-hybridized carbons (Fsp3) is 0.0769. The summed E-state index contributed by atoms with van der Waals surface area (Å²) in [6.45, 7) is -0.0514. The fourth-order valence-electron chi connectivity index (χ4n) is 1.45. The lowest BCUT2D eigenvalue weighted by Gasteiger charge is -2.09. The van der Waals surface area contributed by atoms with Crippen LogP contribution < -0.4 is 0 Å². The molecule has 1 N–H and O–H groups in total. The van der Waals surface area contributed by atoms with Crippen LogP contribution in [0.5, 0.6) is 0 Å². The zero-order chi connectivity index (χ0) is 13.1. The molecule has 0 heterocycles. The maximum absolute atomic E-state index is 9.30. The smallest absolute Gasteiger partial charge is 0.0693 e. The van der Waals surface area contributed by atoms with Crippen LogP contribution in [0.4, 0.5) is 0 Å². The summed E-state index contributed by atoms with van der Waals surface area (Å²) in [5, 5.41) is 10.9. The van der Waals surface area contributed by atoms with Crippen LogP contribution >= 0.6 is 46.6 Å². The molecule has 0 amide bonds. The van der Waals surface area contributed by atoms with Gasteiger partial charge in [0.05, 0.1) is 21.7 Å². The number of benzene rings is 2. The zero-order valence-electron chi connectivity index (χ0n) is 9.16. The lowest BCUT2D eigenvalue weighted by atomic mass is 10.2. The minimum atomic E-state index is -0.0514. The zero-order valence-corrected chi connectivity index (χ0v) is 12.2. The Morgan fingerprint density at radius 1 is 0.944 bits per heavy atom. The van der Waals surface area contributed by atoms with Gasteiger partial charge in [0, 0.05) is 9.79 Å². The van der Waals surface area contributed by atoms with E-state index in [-0.39, 0.29) is 6.61 Å². The number of hydrogen-bond donors (Lipinski definition) is 1. The second kappa shape index (κ2) is 6.18. The van der Waals surface area contributed by atoms with E-state index in [4.69, 9.17) is 34.8 Å². The van der Waals surface area contributed by atoms with Crippen LogP contribution in [-0.4, -0.2) is 5.11 Å². The van der Waals surface area contributed by atoms with Gasteiger partial charge in [-0.25, -0.2) is 0 Å². The minimum absolute atomic E-state index is 0.0514. The van der Waals surface area contributed by atoms with E-state index in [1.807, 2.05) is 18.2 Å². The van der Waals surface area contributed by atoms with Crippen molar-refractivity contribution in [2.24, 2.45) is 0 Å². The number of rotatable bonds is 3. The van der Waals surface area contributed by atoms with Gasteiger partial charge >= 0.3 is 0 Å². The molecule has 0 aromatic heterocycles. The molecule has 2 aromatic carbocycles. The molecule has 0 aliphatic heterocycles. The Bertz CT molecular complexity index is 572. The predicted molar refractivity (Wildman–Crippen MR) is 78.0 cm³/mol. The van der Waals surface area contributed by atoms with Crippen molar-refractivity contribution in [3.05, 3.63) is 57.0 Å². The van der Waals surface area contributed by atoms with Crippen molar-refractivity contribution in [1.29, 1.82) is 0 Å². The molecule has 0 fully saturated rings. The predicted octanol–water partition coefficient (Wildman–Crippen LogP) is 5.29. The Hall–Kier alpha value is -0.380. The van der Waals surface area contributed by atoms with Gasteiger partial charge < -0.3 is 5.11 Å². The van der Waals surface area contributed by atoms with E-state index in [0.29, 0.717) is 15.1 Å². The molecule has 2 rings (SSSR count). The quantitative estimate of drug-likeness (QED) is 0.829. The van der Waals surface area contributed by atoms with Crippen molar-refractivity contribution in [2.75, 3.05) is 0 Å². The molecule has 18 heavy (non-hydrogen) atoms. The molecule has 0 saturated heterocycles. The molecule has 0 atom stereocenters.